The highest BCUT2D eigenvalue weighted by Gasteiger charge is 2.38. The fourth-order valence-electron chi connectivity index (χ4n) is 2.48. The number of carbonyl (C=O) groups is 1. The van der Waals surface area contributed by atoms with E-state index in [9.17, 15) is 14.9 Å². The van der Waals surface area contributed by atoms with Crippen LogP contribution in [0.25, 0.3) is 0 Å². The zero-order valence-corrected chi connectivity index (χ0v) is 14.3. The first-order chi connectivity index (χ1) is 11.5. The predicted octanol–water partition coefficient (Wildman–Crippen LogP) is 1.08. The smallest absolute Gasteiger partial charge is 0.535 e. The van der Waals surface area contributed by atoms with Crippen molar-refractivity contribution in [3.63, 3.8) is 0 Å². The number of carboxylic acids is 1. The maximum Gasteiger partial charge on any atom is 0.537 e. The van der Waals surface area contributed by atoms with Gasteiger partial charge < -0.3 is 25.3 Å². The van der Waals surface area contributed by atoms with Gasteiger partial charge in [0.05, 0.1) is 11.8 Å². The summed E-state index contributed by atoms with van der Waals surface area (Å²) >= 11 is 2.53. The minimum absolute atomic E-state index is 0.0250. The third-order valence-corrected chi connectivity index (χ3v) is 5.56. The van der Waals surface area contributed by atoms with Crippen LogP contribution in [0.4, 0.5) is 5.13 Å². The van der Waals surface area contributed by atoms with Gasteiger partial charge in [0.1, 0.15) is 11.3 Å². The Morgan fingerprint density at radius 2 is 2.38 bits per heavy atom. The number of rotatable bonds is 5. The molecule has 2 heterocycles. The van der Waals surface area contributed by atoms with Gasteiger partial charge >= 0.3 is 13.1 Å². The van der Waals surface area contributed by atoms with Crippen molar-refractivity contribution in [3.05, 3.63) is 28.8 Å². The van der Waals surface area contributed by atoms with Crippen LogP contribution in [-0.2, 0) is 17.8 Å². The summed E-state index contributed by atoms with van der Waals surface area (Å²) in [4.78, 5) is 11.6. The lowest BCUT2D eigenvalue weighted by atomic mass is 9.77. The van der Waals surface area contributed by atoms with Crippen LogP contribution in [-0.4, -0.2) is 45.7 Å². The molecule has 0 bridgehead atoms. The summed E-state index contributed by atoms with van der Waals surface area (Å²) < 4.78 is 11.2. The lowest BCUT2D eigenvalue weighted by Gasteiger charge is -2.28. The van der Waals surface area contributed by atoms with Crippen LogP contribution in [0.1, 0.15) is 21.5 Å². The molecule has 24 heavy (non-hydrogen) atoms. The second kappa shape index (κ2) is 6.97. The van der Waals surface area contributed by atoms with E-state index < -0.39 is 13.1 Å². The summed E-state index contributed by atoms with van der Waals surface area (Å²) in [6, 6.07) is 3.50. The third kappa shape index (κ3) is 3.34. The number of nitrogens with zero attached hydrogens (tertiary/aromatic N) is 2. The topological polar surface area (TPSA) is 128 Å². The van der Waals surface area contributed by atoms with E-state index in [0.717, 1.165) is 0 Å². The second-order valence-corrected chi connectivity index (χ2v) is 7.60. The summed E-state index contributed by atoms with van der Waals surface area (Å²) in [6.07, 6.45) is 0.439. The van der Waals surface area contributed by atoms with Gasteiger partial charge in [-0.05, 0) is 17.5 Å². The van der Waals surface area contributed by atoms with Gasteiger partial charge in [0.2, 0.25) is 5.13 Å². The van der Waals surface area contributed by atoms with Gasteiger partial charge in [0.15, 0.2) is 4.34 Å². The fraction of sp³-hybridized carbons (Fsp3) is 0.308. The number of nitrogen functional groups attached to an aromatic ring is 1. The number of benzene rings is 1. The fourth-order valence-corrected chi connectivity index (χ4v) is 4.43. The van der Waals surface area contributed by atoms with Crippen LogP contribution in [0.2, 0.25) is 0 Å². The molecular weight excluding hydrogens is 353 g/mol. The Kier molecular flexibility index (Phi) is 4.95. The number of anilines is 1. The second-order valence-electron chi connectivity index (χ2n) is 5.10. The van der Waals surface area contributed by atoms with Gasteiger partial charge in [-0.25, -0.2) is 4.79 Å². The van der Waals surface area contributed by atoms with Crippen LogP contribution >= 0.6 is 23.1 Å². The Balaban J connectivity index is 1.90. The average molecular weight is 367 g/mol. The lowest BCUT2D eigenvalue weighted by molar-refractivity contribution is 0.0689. The number of thioether (sulfide) groups is 1. The molecule has 0 amide bonds. The highest BCUT2D eigenvalue weighted by Crippen LogP contribution is 2.38. The van der Waals surface area contributed by atoms with Crippen LogP contribution in [0.3, 0.4) is 0 Å². The largest absolute Gasteiger partial charge is 0.537 e. The number of aromatic carboxylic acids is 1. The number of fused-ring (bicyclic) bond motifs is 1. The van der Waals surface area contributed by atoms with Gasteiger partial charge in [-0.15, -0.1) is 10.2 Å². The molecular formula is C13H14BN3O5S2. The molecule has 0 aliphatic carbocycles. The Hall–Kier alpha value is -1.82. The Morgan fingerprint density at radius 1 is 1.58 bits per heavy atom. The summed E-state index contributed by atoms with van der Waals surface area (Å²) in [5, 5.41) is 27.4. The van der Waals surface area contributed by atoms with E-state index in [1.165, 1.54) is 30.2 Å². The van der Waals surface area contributed by atoms with Crippen molar-refractivity contribution in [2.75, 3.05) is 12.8 Å². The molecule has 3 rings (SSSR count). The minimum Gasteiger partial charge on any atom is -0.535 e. The molecule has 1 aliphatic heterocycles. The van der Waals surface area contributed by atoms with Gasteiger partial charge in [-0.1, -0.05) is 35.2 Å². The standard InChI is InChI=1S/C13H14BN3O5S2/c1-21-5-7-3-2-6-4-8(23-13-17-16-12(15)24-13)14(20)22-10(6)9(7)11(18)19/h2-3,8,20H,4-5H2,1H3,(H2,15,16)(H,18,19)/t8-/m0/s1. The first-order valence-electron chi connectivity index (χ1n) is 6.97. The molecule has 0 saturated carbocycles. The first kappa shape index (κ1) is 17.0. The first-order valence-corrected chi connectivity index (χ1v) is 8.66. The Morgan fingerprint density at radius 3 is 3.00 bits per heavy atom. The van der Waals surface area contributed by atoms with Gasteiger partial charge in [0, 0.05) is 7.11 Å². The predicted molar refractivity (Wildman–Crippen MR) is 90.4 cm³/mol. The SMILES string of the molecule is COCc1ccc2c(c1C(=O)O)OB(O)[C@@H](Sc1nnc(N)s1)C2. The number of hydrogen-bond acceptors (Lipinski definition) is 9. The van der Waals surface area contributed by atoms with E-state index in [1.807, 2.05) is 0 Å². The molecule has 1 aliphatic rings. The third-order valence-electron chi connectivity index (χ3n) is 3.49. The monoisotopic (exact) mass is 367 g/mol. The molecule has 0 radical (unpaired) electrons. The molecule has 0 saturated heterocycles. The quantitative estimate of drug-likeness (QED) is 0.665. The number of nitrogens with two attached hydrogens (primary N) is 1. The van der Waals surface area contributed by atoms with Crippen LogP contribution in [0, 0.1) is 0 Å². The average Bonchev–Trinajstić information content (AvgIpc) is 2.93. The normalized spacial score (nSPS) is 16.6. The summed E-state index contributed by atoms with van der Waals surface area (Å²) in [7, 11) is 0.324. The van der Waals surface area contributed by atoms with Gasteiger partial charge in [-0.2, -0.15) is 0 Å². The van der Waals surface area contributed by atoms with Crippen LogP contribution in [0.5, 0.6) is 5.75 Å². The van der Waals surface area contributed by atoms with Crippen molar-refractivity contribution >= 4 is 41.3 Å². The molecule has 8 nitrogen and oxygen atoms in total. The van der Waals surface area contributed by atoms with E-state index in [-0.39, 0.29) is 23.1 Å². The molecule has 0 unspecified atom stereocenters. The number of hydrogen-bond donors (Lipinski definition) is 3. The van der Waals surface area contributed by atoms with Crippen molar-refractivity contribution in [1.82, 2.24) is 10.2 Å². The van der Waals surface area contributed by atoms with Crippen LogP contribution < -0.4 is 10.4 Å². The lowest BCUT2D eigenvalue weighted by Crippen LogP contribution is -2.41. The number of carboxylic acid groups (broad SMARTS) is 1. The van der Waals surface area contributed by atoms with Gasteiger partial charge in [0.25, 0.3) is 0 Å². The van der Waals surface area contributed by atoms with E-state index in [4.69, 9.17) is 15.1 Å². The molecule has 1 aromatic heterocycles. The minimum atomic E-state index is -1.16. The van der Waals surface area contributed by atoms with E-state index >= 15 is 0 Å². The summed E-state index contributed by atoms with van der Waals surface area (Å²) in [5.74, 6) is -0.924. The van der Waals surface area contributed by atoms with E-state index in [2.05, 4.69) is 10.2 Å². The summed E-state index contributed by atoms with van der Waals surface area (Å²) in [5.41, 5.74) is 6.79. The molecule has 1 atom stereocenters. The molecule has 0 spiro atoms. The zero-order valence-electron chi connectivity index (χ0n) is 12.6. The molecule has 0 fully saturated rings. The maximum atomic E-state index is 11.6. The highest BCUT2D eigenvalue weighted by molar-refractivity contribution is 8.02. The molecule has 126 valence electrons. The van der Waals surface area contributed by atoms with E-state index in [1.54, 1.807) is 12.1 Å². The van der Waals surface area contributed by atoms with Crippen molar-refractivity contribution in [2.45, 2.75) is 22.5 Å². The number of methoxy groups -OCH3 is 1. The molecule has 11 heteroatoms. The van der Waals surface area contributed by atoms with E-state index in [0.29, 0.717) is 27.0 Å². The highest BCUT2D eigenvalue weighted by atomic mass is 32.2. The number of aromatic nitrogens is 2. The molecule has 1 aromatic carbocycles. The Bertz CT molecular complexity index is 772. The summed E-state index contributed by atoms with van der Waals surface area (Å²) in [6.45, 7) is 0.149. The van der Waals surface area contributed by atoms with Crippen molar-refractivity contribution < 1.29 is 24.3 Å². The zero-order chi connectivity index (χ0) is 17.3. The van der Waals surface area contributed by atoms with Crippen molar-refractivity contribution in [2.24, 2.45) is 0 Å². The van der Waals surface area contributed by atoms with Gasteiger partial charge in [-0.3, -0.25) is 0 Å². The molecule has 4 N–H and O–H groups in total. The van der Waals surface area contributed by atoms with Crippen molar-refractivity contribution in [1.29, 1.82) is 0 Å². The Labute approximate surface area is 146 Å². The number of ether oxygens (including phenoxy) is 1. The van der Waals surface area contributed by atoms with Crippen molar-refractivity contribution in [3.8, 4) is 5.75 Å². The van der Waals surface area contributed by atoms with Crippen LogP contribution in [0.15, 0.2) is 16.5 Å². The maximum absolute atomic E-state index is 11.6. The molecule has 2 aromatic rings.